The first kappa shape index (κ1) is 26.1. The highest BCUT2D eigenvalue weighted by Gasteiger charge is 2.33. The number of halogens is 1. The third-order valence-electron chi connectivity index (χ3n) is 6.82. The van der Waals surface area contributed by atoms with E-state index in [1.807, 2.05) is 12.1 Å². The zero-order valence-corrected chi connectivity index (χ0v) is 22.5. The minimum Gasteiger partial charge on any atom is -0.466 e. The molecule has 5 rings (SSSR count). The highest BCUT2D eigenvalue weighted by Crippen LogP contribution is 2.36. The van der Waals surface area contributed by atoms with Gasteiger partial charge in [-0.2, -0.15) is 0 Å². The maximum absolute atomic E-state index is 13.8. The van der Waals surface area contributed by atoms with Crippen LogP contribution >= 0.6 is 11.6 Å². The Hall–Kier alpha value is -3.49. The Morgan fingerprint density at radius 3 is 2.66 bits per heavy atom. The number of anilines is 1. The van der Waals surface area contributed by atoms with E-state index < -0.39 is 10.8 Å². The molecule has 0 saturated carbocycles. The number of benzene rings is 3. The maximum Gasteiger partial charge on any atom is 0.310 e. The second-order valence-corrected chi connectivity index (χ2v) is 11.2. The third kappa shape index (κ3) is 5.11. The number of hydrogen-bond donors (Lipinski definition) is 0. The van der Waals surface area contributed by atoms with Crippen molar-refractivity contribution in [2.24, 2.45) is 5.92 Å². The van der Waals surface area contributed by atoms with Gasteiger partial charge < -0.3 is 14.5 Å². The molecule has 0 N–H and O–H groups in total. The van der Waals surface area contributed by atoms with Crippen LogP contribution in [0.25, 0.3) is 0 Å². The van der Waals surface area contributed by atoms with Crippen molar-refractivity contribution >= 4 is 45.9 Å². The van der Waals surface area contributed by atoms with Crippen molar-refractivity contribution in [1.29, 1.82) is 0 Å². The number of carbonyl (C=O) groups excluding carboxylic acids is 3. The lowest BCUT2D eigenvalue weighted by Crippen LogP contribution is -2.43. The fourth-order valence-electron chi connectivity index (χ4n) is 4.97. The van der Waals surface area contributed by atoms with E-state index >= 15 is 0 Å². The fraction of sp³-hybridized carbons (Fsp3) is 0.276. The van der Waals surface area contributed by atoms with Crippen LogP contribution in [0.5, 0.6) is 0 Å². The summed E-state index contributed by atoms with van der Waals surface area (Å²) >= 11 is 6.21. The number of amides is 2. The Labute approximate surface area is 228 Å². The summed E-state index contributed by atoms with van der Waals surface area (Å²) in [6, 6.07) is 19.0. The van der Waals surface area contributed by atoms with Crippen molar-refractivity contribution in [3.8, 4) is 0 Å². The van der Waals surface area contributed by atoms with Crippen LogP contribution in [0.2, 0.25) is 5.02 Å². The number of hydrogen-bond acceptors (Lipinski definition) is 5. The van der Waals surface area contributed by atoms with Crippen molar-refractivity contribution in [2.45, 2.75) is 36.1 Å². The molecular formula is C29H27ClN2O5S. The van der Waals surface area contributed by atoms with Gasteiger partial charge in [-0.3, -0.25) is 14.4 Å². The zero-order chi connectivity index (χ0) is 26.8. The molecular weight excluding hydrogens is 524 g/mol. The van der Waals surface area contributed by atoms with E-state index in [0.717, 1.165) is 5.56 Å². The minimum absolute atomic E-state index is 0.185. The molecule has 2 heterocycles. The second kappa shape index (κ2) is 11.1. The predicted molar refractivity (Wildman–Crippen MR) is 145 cm³/mol. The number of esters is 1. The first-order valence-electron chi connectivity index (χ1n) is 12.5. The fourth-order valence-corrected chi connectivity index (χ4v) is 6.53. The van der Waals surface area contributed by atoms with Crippen LogP contribution in [0.1, 0.15) is 46.0 Å². The summed E-state index contributed by atoms with van der Waals surface area (Å²) in [5, 5.41) is 0.541. The van der Waals surface area contributed by atoms with Gasteiger partial charge in [-0.15, -0.1) is 0 Å². The van der Waals surface area contributed by atoms with E-state index in [1.165, 1.54) is 0 Å². The summed E-state index contributed by atoms with van der Waals surface area (Å²) in [6.07, 6.45) is 1.37. The van der Waals surface area contributed by atoms with E-state index in [2.05, 4.69) is 0 Å². The van der Waals surface area contributed by atoms with Crippen LogP contribution < -0.4 is 4.90 Å². The quantitative estimate of drug-likeness (QED) is 0.414. The highest BCUT2D eigenvalue weighted by molar-refractivity contribution is 7.85. The molecule has 0 spiro atoms. The molecule has 2 atom stereocenters. The lowest BCUT2D eigenvalue weighted by atomic mass is 9.97. The Kier molecular flexibility index (Phi) is 7.63. The van der Waals surface area contributed by atoms with E-state index in [0.29, 0.717) is 57.6 Å². The van der Waals surface area contributed by atoms with E-state index in [1.54, 1.807) is 71.3 Å². The molecule has 0 unspecified atom stereocenters. The molecule has 2 aliphatic heterocycles. The standard InChI is InChI=1S/C29H27ClN2O5S/c1-2-37-29(35)21-8-6-14-31(18-21)27(33)20-12-13-26-24(16-20)32(17-19-7-5-9-22(30)15-19)28(34)23-10-3-4-11-25(23)38(26)36/h3-5,7,9-13,15-16,21H,2,6,8,14,17-18H2,1H3/t21-,38+/m0/s1. The summed E-state index contributed by atoms with van der Waals surface area (Å²) in [4.78, 5) is 43.8. The van der Waals surface area contributed by atoms with Gasteiger partial charge in [-0.1, -0.05) is 35.9 Å². The summed E-state index contributed by atoms with van der Waals surface area (Å²) in [5.41, 5.74) is 1.92. The normalized spacial score (nSPS) is 18.8. The van der Waals surface area contributed by atoms with Gasteiger partial charge >= 0.3 is 5.97 Å². The smallest absolute Gasteiger partial charge is 0.310 e. The monoisotopic (exact) mass is 550 g/mol. The minimum atomic E-state index is -1.63. The van der Waals surface area contributed by atoms with Gasteiger partial charge in [-0.25, -0.2) is 4.21 Å². The van der Waals surface area contributed by atoms with Crippen LogP contribution in [0.3, 0.4) is 0 Å². The van der Waals surface area contributed by atoms with E-state index in [-0.39, 0.29) is 36.8 Å². The molecule has 0 bridgehead atoms. The summed E-state index contributed by atoms with van der Waals surface area (Å²) < 4.78 is 18.8. The van der Waals surface area contributed by atoms with Crippen LogP contribution in [-0.2, 0) is 26.9 Å². The highest BCUT2D eigenvalue weighted by atomic mass is 35.5. The van der Waals surface area contributed by atoms with Gasteiger partial charge in [0.25, 0.3) is 11.8 Å². The molecule has 38 heavy (non-hydrogen) atoms. The molecule has 3 aromatic carbocycles. The molecule has 9 heteroatoms. The first-order valence-corrected chi connectivity index (χ1v) is 14.1. The molecule has 2 amide bonds. The largest absolute Gasteiger partial charge is 0.466 e. The Balaban J connectivity index is 1.54. The lowest BCUT2D eigenvalue weighted by molar-refractivity contribution is -0.149. The molecule has 1 saturated heterocycles. The molecule has 0 radical (unpaired) electrons. The first-order chi connectivity index (χ1) is 18.4. The van der Waals surface area contributed by atoms with Gasteiger partial charge in [-0.05, 0) is 67.8 Å². The molecule has 0 aliphatic carbocycles. The number of nitrogens with zero attached hydrogens (tertiary/aromatic N) is 2. The van der Waals surface area contributed by atoms with Gasteiger partial charge in [0.05, 0.1) is 50.9 Å². The number of rotatable bonds is 5. The van der Waals surface area contributed by atoms with Crippen molar-refractivity contribution in [3.05, 3.63) is 88.4 Å². The van der Waals surface area contributed by atoms with Crippen LogP contribution in [-0.4, -0.2) is 46.6 Å². The Morgan fingerprint density at radius 2 is 1.87 bits per heavy atom. The average Bonchev–Trinajstić information content (AvgIpc) is 3.02. The molecule has 196 valence electrons. The van der Waals surface area contributed by atoms with Crippen molar-refractivity contribution in [2.75, 3.05) is 24.6 Å². The number of carbonyl (C=O) groups is 3. The third-order valence-corrected chi connectivity index (χ3v) is 8.55. The predicted octanol–water partition coefficient (Wildman–Crippen LogP) is 5.08. The van der Waals surface area contributed by atoms with Gasteiger partial charge in [0.1, 0.15) is 0 Å². The molecule has 7 nitrogen and oxygen atoms in total. The average molecular weight is 551 g/mol. The van der Waals surface area contributed by atoms with Gasteiger partial charge in [0.15, 0.2) is 0 Å². The number of ether oxygens (including phenoxy) is 1. The summed E-state index contributed by atoms with van der Waals surface area (Å²) in [7, 11) is -1.63. The van der Waals surface area contributed by atoms with Crippen molar-refractivity contribution in [1.82, 2.24) is 4.90 Å². The molecule has 1 fully saturated rings. The number of piperidine rings is 1. The topological polar surface area (TPSA) is 84.0 Å². The van der Waals surface area contributed by atoms with Crippen LogP contribution in [0.4, 0.5) is 5.69 Å². The Bertz CT molecular complexity index is 1440. The van der Waals surface area contributed by atoms with Gasteiger partial charge in [0, 0.05) is 23.7 Å². The molecule has 3 aromatic rings. The molecule has 0 aromatic heterocycles. The summed E-state index contributed by atoms with van der Waals surface area (Å²) in [5.74, 6) is -1.21. The maximum atomic E-state index is 13.8. The van der Waals surface area contributed by atoms with Crippen LogP contribution in [0, 0.1) is 5.92 Å². The molecule has 2 aliphatic rings. The number of likely N-dealkylation sites (tertiary alicyclic amines) is 1. The second-order valence-electron chi connectivity index (χ2n) is 9.31. The van der Waals surface area contributed by atoms with E-state index in [4.69, 9.17) is 16.3 Å². The number of fused-ring (bicyclic) bond motifs is 2. The van der Waals surface area contributed by atoms with Crippen molar-refractivity contribution in [3.63, 3.8) is 0 Å². The summed E-state index contributed by atoms with van der Waals surface area (Å²) in [6.45, 7) is 3.04. The van der Waals surface area contributed by atoms with Crippen molar-refractivity contribution < 1.29 is 23.3 Å². The van der Waals surface area contributed by atoms with Crippen LogP contribution in [0.15, 0.2) is 76.5 Å². The Morgan fingerprint density at radius 1 is 1.05 bits per heavy atom. The van der Waals surface area contributed by atoms with E-state index in [9.17, 15) is 18.6 Å². The SMILES string of the molecule is CCOC(=O)[C@H]1CCCN(C(=O)c2ccc3c(c2)N(Cc2cccc(Cl)c2)C(=O)c2ccccc2[S@]3=O)C1. The lowest BCUT2D eigenvalue weighted by Gasteiger charge is -2.32. The van der Waals surface area contributed by atoms with Gasteiger partial charge in [0.2, 0.25) is 0 Å². The zero-order valence-electron chi connectivity index (χ0n) is 20.9.